The third-order valence-corrected chi connectivity index (χ3v) is 20.8. The van der Waals surface area contributed by atoms with Gasteiger partial charge in [0.1, 0.15) is 46.3 Å². The third-order valence-electron chi connectivity index (χ3n) is 19.5. The molecule has 0 aliphatic carbocycles. The molecule has 0 radical (unpaired) electrons. The molecule has 0 spiro atoms. The topological polar surface area (TPSA) is 114 Å². The van der Waals surface area contributed by atoms with Crippen molar-refractivity contribution in [2.75, 3.05) is 56.9 Å². The van der Waals surface area contributed by atoms with E-state index >= 15 is 0 Å². The van der Waals surface area contributed by atoms with E-state index in [9.17, 15) is 27.8 Å². The highest BCUT2D eigenvalue weighted by molar-refractivity contribution is 9.08. The summed E-state index contributed by atoms with van der Waals surface area (Å²) in [5.41, 5.74) is 12.3. The highest BCUT2D eigenvalue weighted by Gasteiger charge is 2.36. The molecule has 0 aromatic heterocycles. The Labute approximate surface area is 656 Å². The monoisotopic (exact) mass is 1600 g/mol. The lowest BCUT2D eigenvalue weighted by Gasteiger charge is -2.34. The quantitative estimate of drug-likeness (QED) is 0.0363. The molecule has 8 aromatic rings. The van der Waals surface area contributed by atoms with Crippen LogP contribution >= 0.6 is 31.9 Å². The van der Waals surface area contributed by atoms with Crippen LogP contribution in [0.4, 0.5) is 17.6 Å². The zero-order valence-corrected chi connectivity index (χ0v) is 65.4. The Bertz CT molecular complexity index is 3510. The van der Waals surface area contributed by atoms with Crippen LogP contribution in [0, 0.1) is 44.9 Å². The fourth-order valence-electron chi connectivity index (χ4n) is 12.2. The summed E-state index contributed by atoms with van der Waals surface area (Å²) in [7, 11) is 13.1. The largest absolute Gasteiger partial charge is 0.497 e. The van der Waals surface area contributed by atoms with Crippen molar-refractivity contribution in [2.45, 2.75) is 157 Å². The van der Waals surface area contributed by atoms with Gasteiger partial charge < -0.3 is 48.1 Å². The number of benzene rings is 8. The molecular weight excluding hydrogens is 1400 g/mol. The predicted octanol–water partition coefficient (Wildman–Crippen LogP) is 27.0. The van der Waals surface area contributed by atoms with Gasteiger partial charge in [-0.2, -0.15) is 0 Å². The number of rotatable bonds is 28. The summed E-state index contributed by atoms with van der Waals surface area (Å²) in [5.74, 6) is 1.29. The highest BCUT2D eigenvalue weighted by atomic mass is 79.9. The average Bonchev–Trinajstić information content (AvgIpc) is 0.796. The first-order valence-corrected chi connectivity index (χ1v) is 36.1. The van der Waals surface area contributed by atoms with Gasteiger partial charge in [0.2, 0.25) is 0 Å². The Morgan fingerprint density at radius 2 is 0.520 bits per heavy atom. The number of hydrogen-bond acceptors (Lipinski definition) is 10. The van der Waals surface area contributed by atoms with Gasteiger partial charge in [-0.1, -0.05) is 188 Å². The summed E-state index contributed by atoms with van der Waals surface area (Å²) < 4.78 is 253. The van der Waals surface area contributed by atoms with E-state index < -0.39 is 0 Å². The minimum absolute atomic E-state index is 0.0726. The second-order valence-corrected chi connectivity index (χ2v) is 28.6. The van der Waals surface area contributed by atoms with Crippen LogP contribution < -0.4 is 18.9 Å². The molecule has 0 unspecified atom stereocenters. The van der Waals surface area contributed by atoms with Gasteiger partial charge in [0.25, 0.3) is 0 Å². The van der Waals surface area contributed by atoms with Gasteiger partial charge >= 0.3 is 0 Å². The van der Waals surface area contributed by atoms with Gasteiger partial charge in [-0.05, 0) is 187 Å². The van der Waals surface area contributed by atoms with Crippen molar-refractivity contribution in [3.8, 4) is 67.5 Å². The summed E-state index contributed by atoms with van der Waals surface area (Å²) >= 11 is 7.03. The van der Waals surface area contributed by atoms with Crippen molar-refractivity contribution >= 4 is 31.9 Å². The van der Waals surface area contributed by atoms with Gasteiger partial charge in [0, 0.05) is 106 Å². The maximum absolute atomic E-state index is 14.6. The fraction of sp³-hybridized carbons (Fsp3) is 0.429. The summed E-state index contributed by atoms with van der Waals surface area (Å²) in [4.78, 5) is 0. The Morgan fingerprint density at radius 1 is 0.320 bits per heavy atom. The van der Waals surface area contributed by atoms with Crippen molar-refractivity contribution < 1.29 is 110 Å². The number of aliphatic hydroxyl groups excluding tert-OH is 2. The lowest BCUT2D eigenvalue weighted by atomic mass is 9.77. The molecular formula is C84H136Br2F4O10. The second-order valence-electron chi connectivity index (χ2n) is 27.5. The van der Waals surface area contributed by atoms with Gasteiger partial charge in [-0.25, -0.2) is 17.6 Å². The smallest absolute Gasteiger partial charge is 0.131 e. The van der Waals surface area contributed by atoms with Crippen molar-refractivity contribution in [1.82, 2.24) is 0 Å². The number of halogens is 6. The lowest BCUT2D eigenvalue weighted by Crippen LogP contribution is -2.24. The molecule has 0 aliphatic heterocycles. The second kappa shape index (κ2) is 38.6. The summed E-state index contributed by atoms with van der Waals surface area (Å²) in [5, 5.41) is 20.6. The normalized spacial score (nSPS) is 14.1. The summed E-state index contributed by atoms with van der Waals surface area (Å²) in [6, 6.07) is 42.3. The molecule has 8 rings (SSSR count). The standard InChI is InChI=1S/2C21H26BrFO2.2C21H27FO3.15H2/c2*1-6-21(2,3)20(25-5)18-11-14(13-22)7-9-16(18)17-12-15(24-4)8-10-19(17)23;2*1-6-21(2,3)20(25-5)18-11-14(13-23)7-9-16(18)17-12-15(24-4)8-10-19(17)22;;;;;;;;;;;;;;;/h2*7-12,20H,6,13H2,1-5H3;2*7-12,20,23H,6,13H2,1-5H3;15*1H/t4*20-;;;;;;;;;;;;;;;/m1010.............../s1/i;;;;15*1+2T. The summed E-state index contributed by atoms with van der Waals surface area (Å²) in [6.07, 6.45) is 2.95. The maximum Gasteiger partial charge on any atom is 0.131 e. The molecule has 8 aromatic carbocycles. The zero-order valence-electron chi connectivity index (χ0n) is 92.3. The molecule has 16 heteroatoms. The van der Waals surface area contributed by atoms with Crippen LogP contribution in [0.5, 0.6) is 23.0 Å². The number of aliphatic hydroxyl groups is 2. The van der Waals surface area contributed by atoms with Gasteiger partial charge in [-0.15, -0.1) is 0 Å². The van der Waals surface area contributed by atoms with Gasteiger partial charge in [0.15, 0.2) is 0 Å². The molecule has 4 atom stereocenters. The van der Waals surface area contributed by atoms with E-state index in [0.717, 1.165) is 103 Å². The van der Waals surface area contributed by atoms with E-state index in [4.69, 9.17) is 82.4 Å². The molecule has 0 saturated heterocycles. The van der Waals surface area contributed by atoms with Gasteiger partial charge in [-0.3, -0.25) is 0 Å². The molecule has 0 fully saturated rings. The summed E-state index contributed by atoms with van der Waals surface area (Å²) in [6.45, 7) is 25.5. The molecule has 100 heavy (non-hydrogen) atoms. The van der Waals surface area contributed by atoms with Crippen molar-refractivity contribution in [1.29, 1.82) is 0 Å². The minimum atomic E-state index is -0.317. The van der Waals surface area contributed by atoms with E-state index in [1.807, 2.05) is 60.7 Å². The molecule has 0 amide bonds. The number of hydrogen-bond donors (Lipinski definition) is 2. The van der Waals surface area contributed by atoms with Crippen LogP contribution in [0.2, 0.25) is 0 Å². The van der Waals surface area contributed by atoms with Gasteiger partial charge in [0.05, 0.1) is 66.1 Å². The van der Waals surface area contributed by atoms with E-state index in [1.165, 1.54) is 24.3 Å². The first-order valence-electron chi connectivity index (χ1n) is 48.8. The SMILES string of the molecule is CCC(C)(C)[C@@H](OC)c1cc(CBr)ccc1-c1cc(OC)ccc1F.CCC(C)(C)[C@@H](OC)c1cc(CO)ccc1-c1cc(OC)ccc1F.CCC(C)(C)[C@H](OC)c1cc(CBr)ccc1-c1cc(OC)ccc1F.CCC(C)(C)[C@H](OC)c1cc(CO)ccc1-c1cc(OC)ccc1F.[3H][3H].[3H][3H].[3H][3H].[3H][3H].[3H][3H].[3H][3H].[3H][3H].[3H][3H].[3H][3H].[3H][3H].[3H][3H].[3H][3H].[3H][3H].[3H][3H].[3H][3H]. The molecule has 10 nitrogen and oxygen atoms in total. The Balaban J connectivity index is -0.000000146. The third kappa shape index (κ3) is 20.8. The molecule has 0 heterocycles. The van der Waals surface area contributed by atoms with Crippen LogP contribution in [0.1, 0.15) is 222 Å². The van der Waals surface area contributed by atoms with Crippen molar-refractivity contribution in [2.24, 2.45) is 21.7 Å². The predicted molar refractivity (Wildman–Crippen MR) is 438 cm³/mol. The van der Waals surface area contributed by atoms with Crippen LogP contribution in [-0.4, -0.2) is 67.1 Å². The average molecular weight is 1600 g/mol. The molecule has 0 saturated carbocycles. The molecule has 0 aliphatic rings. The number of alkyl halides is 2. The van der Waals surface area contributed by atoms with Crippen molar-refractivity contribution in [3.05, 3.63) is 213 Å². The van der Waals surface area contributed by atoms with Crippen LogP contribution in [-0.2, 0) is 42.8 Å². The van der Waals surface area contributed by atoms with Crippen LogP contribution in [0.25, 0.3) is 44.5 Å². The number of ether oxygens (including phenoxy) is 8. The van der Waals surface area contributed by atoms with E-state index in [-0.39, 0.29) is 82.6 Å². The molecule has 2 N–H and O–H groups in total. The first-order chi connectivity index (χ1) is 62.5. The Morgan fingerprint density at radius 3 is 0.690 bits per heavy atom. The van der Waals surface area contributed by atoms with E-state index in [2.05, 4.69) is 127 Å². The van der Waals surface area contributed by atoms with Crippen LogP contribution in [0.15, 0.2) is 146 Å². The first kappa shape index (κ1) is 63.1. The fourth-order valence-corrected chi connectivity index (χ4v) is 12.9. The molecule has 574 valence electrons. The zero-order chi connectivity index (χ0) is 104. The highest BCUT2D eigenvalue weighted by Crippen LogP contribution is 2.49. The minimum Gasteiger partial charge on any atom is -0.497 e. The molecule has 0 bridgehead atoms. The van der Waals surface area contributed by atoms with E-state index in [0.29, 0.717) is 45.3 Å². The van der Waals surface area contributed by atoms with Crippen molar-refractivity contribution in [3.63, 3.8) is 0 Å². The Hall–Kier alpha value is -6.60. The Kier molecular flexibility index (Phi) is 24.4. The van der Waals surface area contributed by atoms with Crippen LogP contribution in [0.3, 0.4) is 0 Å². The maximum atomic E-state index is 14.6. The number of methoxy groups -OCH3 is 8. The van der Waals surface area contributed by atoms with E-state index in [1.54, 1.807) is 105 Å². The lowest BCUT2D eigenvalue weighted by molar-refractivity contribution is 0.00321.